The lowest BCUT2D eigenvalue weighted by molar-refractivity contribution is -0.177. The zero-order chi connectivity index (χ0) is 11.7. The molecule has 1 saturated heterocycles. The minimum atomic E-state index is -0.243. The van der Waals surface area contributed by atoms with Crippen molar-refractivity contribution in [1.29, 1.82) is 0 Å². The number of ether oxygens (including phenoxy) is 2. The van der Waals surface area contributed by atoms with Crippen LogP contribution in [0.15, 0.2) is 15.2 Å². The minimum absolute atomic E-state index is 0.243. The van der Waals surface area contributed by atoms with Gasteiger partial charge in [-0.1, -0.05) is 0 Å². The summed E-state index contributed by atoms with van der Waals surface area (Å²) < 4.78 is 12.6. The maximum absolute atomic E-state index is 5.73. The van der Waals surface area contributed by atoms with Crippen LogP contribution in [-0.2, 0) is 9.47 Å². The van der Waals surface area contributed by atoms with E-state index in [9.17, 15) is 0 Å². The van der Waals surface area contributed by atoms with Crippen molar-refractivity contribution in [3.05, 3.63) is 15.2 Å². The van der Waals surface area contributed by atoms with Gasteiger partial charge in [0.2, 0.25) is 0 Å². The molecule has 0 bridgehead atoms. The van der Waals surface area contributed by atoms with Crippen LogP contribution < -0.4 is 5.32 Å². The van der Waals surface area contributed by atoms with Gasteiger partial charge >= 0.3 is 0 Å². The first-order valence-electron chi connectivity index (χ1n) is 6.04. The topological polar surface area (TPSA) is 30.5 Å². The number of anilines is 1. The van der Waals surface area contributed by atoms with Crippen LogP contribution >= 0.6 is 27.3 Å². The molecule has 0 amide bonds. The van der Waals surface area contributed by atoms with E-state index in [1.54, 1.807) is 11.3 Å². The van der Waals surface area contributed by atoms with Crippen LogP contribution in [0.2, 0.25) is 0 Å². The lowest BCUT2D eigenvalue weighted by Gasteiger charge is -2.35. The van der Waals surface area contributed by atoms with E-state index in [0.29, 0.717) is 6.04 Å². The SMILES string of the molecule is Brc1cc(NC2CCC3(CC2)OCCO3)cs1. The van der Waals surface area contributed by atoms with E-state index in [-0.39, 0.29) is 5.79 Å². The number of thiophene rings is 1. The van der Waals surface area contributed by atoms with Crippen molar-refractivity contribution < 1.29 is 9.47 Å². The van der Waals surface area contributed by atoms with E-state index < -0.39 is 0 Å². The molecule has 17 heavy (non-hydrogen) atoms. The third kappa shape index (κ3) is 2.67. The molecule has 2 aliphatic rings. The van der Waals surface area contributed by atoms with Gasteiger partial charge in [-0.15, -0.1) is 11.3 Å². The van der Waals surface area contributed by atoms with Gasteiger partial charge < -0.3 is 14.8 Å². The lowest BCUT2D eigenvalue weighted by atomic mass is 9.90. The number of rotatable bonds is 2. The Hall–Kier alpha value is -0.100. The van der Waals surface area contributed by atoms with Gasteiger partial charge in [-0.05, 0) is 34.8 Å². The van der Waals surface area contributed by atoms with Crippen molar-refractivity contribution in [3.8, 4) is 0 Å². The monoisotopic (exact) mass is 317 g/mol. The molecular weight excluding hydrogens is 302 g/mol. The molecule has 3 nitrogen and oxygen atoms in total. The molecule has 1 aliphatic carbocycles. The van der Waals surface area contributed by atoms with E-state index in [2.05, 4.69) is 32.7 Å². The van der Waals surface area contributed by atoms with E-state index in [4.69, 9.17) is 9.47 Å². The Morgan fingerprint density at radius 1 is 1.29 bits per heavy atom. The maximum Gasteiger partial charge on any atom is 0.168 e. The summed E-state index contributed by atoms with van der Waals surface area (Å²) >= 11 is 5.20. The molecule has 0 aromatic carbocycles. The predicted molar refractivity (Wildman–Crippen MR) is 72.5 cm³/mol. The average Bonchev–Trinajstić information content (AvgIpc) is 2.93. The summed E-state index contributed by atoms with van der Waals surface area (Å²) in [5.74, 6) is -0.243. The molecule has 1 aliphatic heterocycles. The predicted octanol–water partition coefficient (Wildman–Crippen LogP) is 3.61. The third-order valence-electron chi connectivity index (χ3n) is 3.50. The van der Waals surface area contributed by atoms with Crippen LogP contribution in [0.5, 0.6) is 0 Å². The zero-order valence-corrected chi connectivity index (χ0v) is 12.0. The van der Waals surface area contributed by atoms with Gasteiger partial charge in [0.15, 0.2) is 5.79 Å². The van der Waals surface area contributed by atoms with Crippen molar-refractivity contribution in [2.24, 2.45) is 0 Å². The zero-order valence-electron chi connectivity index (χ0n) is 9.58. The molecule has 1 aromatic rings. The number of nitrogens with one attached hydrogen (secondary N) is 1. The summed E-state index contributed by atoms with van der Waals surface area (Å²) in [6.45, 7) is 1.52. The summed E-state index contributed by atoms with van der Waals surface area (Å²) in [5, 5.41) is 5.73. The molecule has 1 spiro atoms. The summed E-state index contributed by atoms with van der Waals surface area (Å²) in [5.41, 5.74) is 1.22. The van der Waals surface area contributed by atoms with Gasteiger partial charge in [0, 0.05) is 30.0 Å². The van der Waals surface area contributed by atoms with Crippen LogP contribution in [0, 0.1) is 0 Å². The normalized spacial score (nSPS) is 24.3. The lowest BCUT2D eigenvalue weighted by Crippen LogP contribution is -2.39. The second-order valence-electron chi connectivity index (χ2n) is 4.67. The molecule has 0 radical (unpaired) electrons. The Kier molecular flexibility index (Phi) is 3.43. The van der Waals surface area contributed by atoms with Crippen molar-refractivity contribution in [2.75, 3.05) is 18.5 Å². The highest BCUT2D eigenvalue weighted by Gasteiger charge is 2.40. The van der Waals surface area contributed by atoms with Crippen LogP contribution in [0.4, 0.5) is 5.69 Å². The van der Waals surface area contributed by atoms with Crippen molar-refractivity contribution >= 4 is 33.0 Å². The van der Waals surface area contributed by atoms with Crippen LogP contribution in [0.1, 0.15) is 25.7 Å². The first-order valence-corrected chi connectivity index (χ1v) is 7.72. The third-order valence-corrected chi connectivity index (χ3v) is 5.00. The van der Waals surface area contributed by atoms with Crippen LogP contribution in [0.25, 0.3) is 0 Å². The number of halogens is 1. The molecule has 5 heteroatoms. The molecule has 0 unspecified atom stereocenters. The van der Waals surface area contributed by atoms with Gasteiger partial charge in [0.25, 0.3) is 0 Å². The molecule has 2 fully saturated rings. The van der Waals surface area contributed by atoms with E-state index in [1.807, 2.05) is 0 Å². The first-order chi connectivity index (χ1) is 8.26. The molecule has 94 valence electrons. The molecule has 1 N–H and O–H groups in total. The highest BCUT2D eigenvalue weighted by molar-refractivity contribution is 9.11. The second-order valence-corrected chi connectivity index (χ2v) is 6.96. The quantitative estimate of drug-likeness (QED) is 0.904. The number of hydrogen-bond donors (Lipinski definition) is 1. The summed E-state index contributed by atoms with van der Waals surface area (Å²) in [6.07, 6.45) is 4.26. The summed E-state index contributed by atoms with van der Waals surface area (Å²) in [4.78, 5) is 0. The molecule has 2 heterocycles. The fraction of sp³-hybridized carbons (Fsp3) is 0.667. The molecule has 0 atom stereocenters. The minimum Gasteiger partial charge on any atom is -0.382 e. The Bertz CT molecular complexity index is 380. The largest absolute Gasteiger partial charge is 0.382 e. The standard InChI is InChI=1S/C12H16BrNO2S/c13-11-7-10(8-17-11)14-9-1-3-12(4-2-9)15-5-6-16-12/h7-9,14H,1-6H2. The van der Waals surface area contributed by atoms with Crippen molar-refractivity contribution in [3.63, 3.8) is 0 Å². The maximum atomic E-state index is 5.73. The Morgan fingerprint density at radius 3 is 2.59 bits per heavy atom. The van der Waals surface area contributed by atoms with Gasteiger partial charge in [0.05, 0.1) is 17.0 Å². The molecule has 3 rings (SSSR count). The van der Waals surface area contributed by atoms with Crippen molar-refractivity contribution in [2.45, 2.75) is 37.5 Å². The second kappa shape index (κ2) is 4.88. The molecule has 1 aromatic heterocycles. The van der Waals surface area contributed by atoms with Gasteiger partial charge in [-0.2, -0.15) is 0 Å². The fourth-order valence-corrected chi connectivity index (χ4v) is 3.71. The highest BCUT2D eigenvalue weighted by atomic mass is 79.9. The van der Waals surface area contributed by atoms with Gasteiger partial charge in [0.1, 0.15) is 0 Å². The first kappa shape index (κ1) is 12.0. The molecular formula is C12H16BrNO2S. The Balaban J connectivity index is 1.54. The Morgan fingerprint density at radius 2 is 2.00 bits per heavy atom. The van der Waals surface area contributed by atoms with Gasteiger partial charge in [-0.25, -0.2) is 0 Å². The number of hydrogen-bond acceptors (Lipinski definition) is 4. The van der Waals surface area contributed by atoms with Gasteiger partial charge in [-0.3, -0.25) is 0 Å². The summed E-state index contributed by atoms with van der Waals surface area (Å²) in [7, 11) is 0. The highest BCUT2D eigenvalue weighted by Crippen LogP contribution is 2.37. The fourth-order valence-electron chi connectivity index (χ4n) is 2.61. The van der Waals surface area contributed by atoms with Crippen LogP contribution in [-0.4, -0.2) is 25.0 Å². The average molecular weight is 318 g/mol. The van der Waals surface area contributed by atoms with E-state index in [1.165, 1.54) is 9.47 Å². The van der Waals surface area contributed by atoms with Crippen molar-refractivity contribution in [1.82, 2.24) is 0 Å². The molecule has 1 saturated carbocycles. The van der Waals surface area contributed by atoms with E-state index >= 15 is 0 Å². The van der Waals surface area contributed by atoms with E-state index in [0.717, 1.165) is 38.9 Å². The smallest absolute Gasteiger partial charge is 0.168 e. The van der Waals surface area contributed by atoms with Crippen LogP contribution in [0.3, 0.4) is 0 Å². The Labute approximate surface area is 114 Å². The summed E-state index contributed by atoms with van der Waals surface area (Å²) in [6, 6.07) is 2.69.